The van der Waals surface area contributed by atoms with Gasteiger partial charge in [-0.3, -0.25) is 14.4 Å². The lowest BCUT2D eigenvalue weighted by Gasteiger charge is -2.23. The van der Waals surface area contributed by atoms with Crippen molar-refractivity contribution in [2.75, 3.05) is 14.2 Å². The van der Waals surface area contributed by atoms with Crippen LogP contribution in [-0.2, 0) is 23.9 Å². The van der Waals surface area contributed by atoms with Crippen molar-refractivity contribution in [1.29, 1.82) is 0 Å². The summed E-state index contributed by atoms with van der Waals surface area (Å²) < 4.78 is 9.20. The number of carbonyl (C=O) groups excluding carboxylic acids is 3. The highest BCUT2D eigenvalue weighted by molar-refractivity contribution is 6.02. The fourth-order valence-electron chi connectivity index (χ4n) is 3.54. The number of ketones is 1. The smallest absolute Gasteiger partial charge is 0.316 e. The lowest BCUT2D eigenvalue weighted by atomic mass is 9.80. The summed E-state index contributed by atoms with van der Waals surface area (Å²) in [5, 5.41) is 0. The van der Waals surface area contributed by atoms with Crippen molar-refractivity contribution in [1.82, 2.24) is 0 Å². The van der Waals surface area contributed by atoms with Gasteiger partial charge in [-0.2, -0.15) is 0 Å². The molecule has 19 heavy (non-hydrogen) atoms. The van der Waals surface area contributed by atoms with E-state index in [4.69, 9.17) is 0 Å². The molecule has 0 amide bonds. The van der Waals surface area contributed by atoms with Gasteiger partial charge in [0.15, 0.2) is 5.78 Å². The first-order valence-corrected chi connectivity index (χ1v) is 6.75. The van der Waals surface area contributed by atoms with Gasteiger partial charge in [0.05, 0.1) is 20.6 Å². The largest absolute Gasteiger partial charge is 0.469 e. The average molecular weight is 268 g/mol. The predicted octanol–water partition coefficient (Wildman–Crippen LogP) is 1.34. The van der Waals surface area contributed by atoms with Crippen LogP contribution in [-0.4, -0.2) is 31.9 Å². The first-order valence-electron chi connectivity index (χ1n) is 6.75. The van der Waals surface area contributed by atoms with Gasteiger partial charge in [0.1, 0.15) is 5.92 Å². The molecule has 0 heterocycles. The van der Waals surface area contributed by atoms with Gasteiger partial charge in [-0.1, -0.05) is 6.42 Å². The van der Waals surface area contributed by atoms with Gasteiger partial charge in [0.25, 0.3) is 0 Å². The summed E-state index contributed by atoms with van der Waals surface area (Å²) >= 11 is 0. The Labute approximate surface area is 112 Å². The second kappa shape index (κ2) is 5.72. The van der Waals surface area contributed by atoms with E-state index >= 15 is 0 Å². The lowest BCUT2D eigenvalue weighted by molar-refractivity contribution is -0.156. The van der Waals surface area contributed by atoms with E-state index in [1.54, 1.807) is 0 Å². The SMILES string of the molecule is COC(=O)CC(C(=O)OC)C(=O)C1CC2CCC1C2. The van der Waals surface area contributed by atoms with Crippen LogP contribution < -0.4 is 0 Å². The number of carbonyl (C=O) groups is 3. The molecule has 2 aliphatic carbocycles. The molecular weight excluding hydrogens is 248 g/mol. The first-order chi connectivity index (χ1) is 9.06. The summed E-state index contributed by atoms with van der Waals surface area (Å²) in [6, 6.07) is 0. The Morgan fingerprint density at radius 3 is 2.32 bits per heavy atom. The van der Waals surface area contributed by atoms with Crippen LogP contribution in [0.25, 0.3) is 0 Å². The van der Waals surface area contributed by atoms with Crippen molar-refractivity contribution >= 4 is 17.7 Å². The number of Topliss-reactive ketones (excluding diaryl/α,β-unsaturated/α-hetero) is 1. The molecule has 0 aromatic heterocycles. The molecule has 5 nitrogen and oxygen atoms in total. The van der Waals surface area contributed by atoms with Crippen molar-refractivity contribution in [3.05, 3.63) is 0 Å². The van der Waals surface area contributed by atoms with Crippen LogP contribution in [0.2, 0.25) is 0 Å². The van der Waals surface area contributed by atoms with Gasteiger partial charge < -0.3 is 9.47 Å². The van der Waals surface area contributed by atoms with Gasteiger partial charge in [0.2, 0.25) is 0 Å². The standard InChI is InChI=1S/C14H20O5/c1-18-12(15)7-11(14(17)19-2)13(16)10-6-8-3-4-9(10)5-8/h8-11H,3-7H2,1-2H3. The average Bonchev–Trinajstić information content (AvgIpc) is 3.05. The molecule has 2 saturated carbocycles. The summed E-state index contributed by atoms with van der Waals surface area (Å²) in [5.41, 5.74) is 0. The van der Waals surface area contributed by atoms with Crippen LogP contribution in [0, 0.1) is 23.7 Å². The van der Waals surface area contributed by atoms with Crippen LogP contribution in [0.4, 0.5) is 0 Å². The van der Waals surface area contributed by atoms with Crippen LogP contribution in [0.15, 0.2) is 0 Å². The van der Waals surface area contributed by atoms with E-state index in [-0.39, 0.29) is 18.1 Å². The molecule has 5 heteroatoms. The topological polar surface area (TPSA) is 69.7 Å². The lowest BCUT2D eigenvalue weighted by Crippen LogP contribution is -2.35. The van der Waals surface area contributed by atoms with Gasteiger partial charge >= 0.3 is 11.9 Å². The fraction of sp³-hybridized carbons (Fsp3) is 0.786. The number of esters is 2. The van der Waals surface area contributed by atoms with E-state index in [1.807, 2.05) is 0 Å². The number of hydrogen-bond acceptors (Lipinski definition) is 5. The molecule has 2 rings (SSSR count). The van der Waals surface area contributed by atoms with Crippen molar-refractivity contribution < 1.29 is 23.9 Å². The summed E-state index contributed by atoms with van der Waals surface area (Å²) in [6.07, 6.45) is 3.98. The molecule has 106 valence electrons. The van der Waals surface area contributed by atoms with E-state index < -0.39 is 17.9 Å². The predicted molar refractivity (Wildman–Crippen MR) is 66.1 cm³/mol. The Hall–Kier alpha value is -1.39. The molecular formula is C14H20O5. The molecule has 2 aliphatic rings. The van der Waals surface area contributed by atoms with Gasteiger partial charge in [-0.25, -0.2) is 0 Å². The second-order valence-electron chi connectivity index (χ2n) is 5.54. The fourth-order valence-corrected chi connectivity index (χ4v) is 3.54. The third-order valence-corrected chi connectivity index (χ3v) is 4.53. The Kier molecular flexibility index (Phi) is 4.22. The second-order valence-corrected chi connectivity index (χ2v) is 5.54. The van der Waals surface area contributed by atoms with E-state index in [0.29, 0.717) is 11.8 Å². The maximum absolute atomic E-state index is 12.5. The van der Waals surface area contributed by atoms with Crippen LogP contribution in [0.1, 0.15) is 32.1 Å². The highest BCUT2D eigenvalue weighted by Gasteiger charge is 2.46. The van der Waals surface area contributed by atoms with Crippen LogP contribution in [0.5, 0.6) is 0 Å². The van der Waals surface area contributed by atoms with Gasteiger partial charge in [-0.15, -0.1) is 0 Å². The molecule has 4 unspecified atom stereocenters. The normalized spacial score (nSPS) is 29.9. The zero-order valence-electron chi connectivity index (χ0n) is 11.4. The minimum absolute atomic E-state index is 0.0764. The van der Waals surface area contributed by atoms with E-state index in [2.05, 4.69) is 9.47 Å². The number of ether oxygens (including phenoxy) is 2. The van der Waals surface area contributed by atoms with Gasteiger partial charge in [-0.05, 0) is 31.1 Å². The van der Waals surface area contributed by atoms with Crippen LogP contribution in [0.3, 0.4) is 0 Å². The first kappa shape index (κ1) is 14.0. The minimum atomic E-state index is -0.998. The summed E-state index contributed by atoms with van der Waals surface area (Å²) in [7, 11) is 2.49. The molecule has 0 aliphatic heterocycles. The van der Waals surface area contributed by atoms with Gasteiger partial charge in [0, 0.05) is 5.92 Å². The molecule has 2 bridgehead atoms. The Balaban J connectivity index is 2.07. The molecule has 0 spiro atoms. The maximum Gasteiger partial charge on any atom is 0.316 e. The molecule has 0 radical (unpaired) electrons. The van der Waals surface area contributed by atoms with Crippen LogP contribution >= 0.6 is 0 Å². The summed E-state index contributed by atoms with van der Waals surface area (Å²) in [4.78, 5) is 35.5. The molecule has 0 aromatic carbocycles. The molecule has 0 aromatic rings. The Bertz CT molecular complexity index is 389. The molecule has 4 atom stereocenters. The molecule has 0 N–H and O–H groups in total. The van der Waals surface area contributed by atoms with E-state index in [0.717, 1.165) is 19.3 Å². The highest BCUT2D eigenvalue weighted by atomic mass is 16.5. The zero-order valence-corrected chi connectivity index (χ0v) is 11.4. The monoisotopic (exact) mass is 268 g/mol. The number of methoxy groups -OCH3 is 2. The third-order valence-electron chi connectivity index (χ3n) is 4.53. The number of fused-ring (bicyclic) bond motifs is 2. The summed E-state index contributed by atoms with van der Waals surface area (Å²) in [6.45, 7) is 0. The maximum atomic E-state index is 12.5. The quantitative estimate of drug-likeness (QED) is 0.556. The van der Waals surface area contributed by atoms with E-state index in [1.165, 1.54) is 20.6 Å². The minimum Gasteiger partial charge on any atom is -0.469 e. The Morgan fingerprint density at radius 2 is 1.84 bits per heavy atom. The zero-order chi connectivity index (χ0) is 14.0. The molecule has 2 fully saturated rings. The number of rotatable bonds is 5. The summed E-state index contributed by atoms with van der Waals surface area (Å²) in [5.74, 6) is -1.37. The van der Waals surface area contributed by atoms with Crippen molar-refractivity contribution in [3.63, 3.8) is 0 Å². The number of hydrogen-bond donors (Lipinski definition) is 0. The van der Waals surface area contributed by atoms with Crippen molar-refractivity contribution in [3.8, 4) is 0 Å². The third kappa shape index (κ3) is 2.80. The highest BCUT2D eigenvalue weighted by Crippen LogP contribution is 2.49. The molecule has 0 saturated heterocycles. The van der Waals surface area contributed by atoms with Crippen molar-refractivity contribution in [2.45, 2.75) is 32.1 Å². The Morgan fingerprint density at radius 1 is 1.11 bits per heavy atom. The van der Waals surface area contributed by atoms with E-state index in [9.17, 15) is 14.4 Å². The van der Waals surface area contributed by atoms with Crippen molar-refractivity contribution in [2.24, 2.45) is 23.7 Å².